The van der Waals surface area contributed by atoms with E-state index in [0.717, 1.165) is 38.9 Å². The third-order valence-electron chi connectivity index (χ3n) is 6.02. The monoisotopic (exact) mass is 465 g/mol. The summed E-state index contributed by atoms with van der Waals surface area (Å²) in [4.78, 5) is 15.3. The van der Waals surface area contributed by atoms with Gasteiger partial charge in [0, 0.05) is 31.9 Å². The van der Waals surface area contributed by atoms with Crippen molar-refractivity contribution in [2.75, 3.05) is 39.0 Å². The van der Waals surface area contributed by atoms with Crippen LogP contribution in [-0.4, -0.2) is 69.0 Å². The summed E-state index contributed by atoms with van der Waals surface area (Å²) in [5.74, 6) is -0.297. The predicted molar refractivity (Wildman–Crippen MR) is 122 cm³/mol. The van der Waals surface area contributed by atoms with Crippen LogP contribution in [0.25, 0.3) is 0 Å². The number of sulfone groups is 1. The molecule has 3 rings (SSSR count). The van der Waals surface area contributed by atoms with Gasteiger partial charge in [-0.25, -0.2) is 8.42 Å². The van der Waals surface area contributed by atoms with Crippen molar-refractivity contribution in [1.29, 1.82) is 0 Å². The Hall–Kier alpha value is -0.860. The molecule has 1 amide bonds. The van der Waals surface area contributed by atoms with Crippen molar-refractivity contribution < 1.29 is 13.2 Å². The van der Waals surface area contributed by atoms with Crippen LogP contribution < -0.4 is 10.6 Å². The molecule has 0 atom stereocenters. The highest BCUT2D eigenvalue weighted by Gasteiger charge is 2.49. The van der Waals surface area contributed by atoms with E-state index >= 15 is 0 Å². The lowest BCUT2D eigenvalue weighted by Crippen LogP contribution is -2.59. The second kappa shape index (κ2) is 11.5. The molecular formula is C20H33Cl2N3O3S. The highest BCUT2D eigenvalue weighted by molar-refractivity contribution is 7.92. The van der Waals surface area contributed by atoms with Gasteiger partial charge in [-0.3, -0.25) is 4.79 Å². The molecule has 2 N–H and O–H groups in total. The Kier molecular flexibility index (Phi) is 10.4. The van der Waals surface area contributed by atoms with Crippen molar-refractivity contribution in [3.63, 3.8) is 0 Å². The molecule has 2 fully saturated rings. The van der Waals surface area contributed by atoms with E-state index in [-0.39, 0.29) is 36.8 Å². The van der Waals surface area contributed by atoms with Crippen LogP contribution in [0.2, 0.25) is 0 Å². The molecule has 0 aromatic heterocycles. The third-order valence-corrected chi connectivity index (χ3v) is 8.03. The van der Waals surface area contributed by atoms with Gasteiger partial charge in [0.2, 0.25) is 5.91 Å². The number of piperidine rings is 2. The molecule has 0 radical (unpaired) electrons. The molecule has 0 saturated carbocycles. The van der Waals surface area contributed by atoms with Crippen LogP contribution in [0.5, 0.6) is 0 Å². The summed E-state index contributed by atoms with van der Waals surface area (Å²) < 4.78 is 23.5. The van der Waals surface area contributed by atoms with E-state index in [1.54, 1.807) is 0 Å². The molecule has 1 aromatic carbocycles. The molecule has 0 aliphatic carbocycles. The second-order valence-corrected chi connectivity index (χ2v) is 10.2. The van der Waals surface area contributed by atoms with E-state index in [2.05, 4.69) is 39.8 Å². The summed E-state index contributed by atoms with van der Waals surface area (Å²) in [6.45, 7) is 4.02. The van der Waals surface area contributed by atoms with E-state index in [9.17, 15) is 13.2 Å². The molecule has 0 unspecified atom stereocenters. The number of rotatable bonds is 6. The molecule has 2 heterocycles. The van der Waals surface area contributed by atoms with Crippen LogP contribution in [0.3, 0.4) is 0 Å². The first-order chi connectivity index (χ1) is 12.9. The number of hydrogen-bond donors (Lipinski definition) is 2. The number of nitrogens with one attached hydrogen (secondary N) is 2. The van der Waals surface area contributed by atoms with Crippen molar-refractivity contribution in [2.45, 2.75) is 42.9 Å². The summed E-state index contributed by atoms with van der Waals surface area (Å²) in [6, 6.07) is 10.5. The van der Waals surface area contributed by atoms with Gasteiger partial charge in [0.1, 0.15) is 0 Å². The molecular weight excluding hydrogens is 433 g/mol. The first kappa shape index (κ1) is 26.2. The minimum atomic E-state index is -3.45. The number of halogens is 2. The van der Waals surface area contributed by atoms with Gasteiger partial charge in [0.05, 0.1) is 0 Å². The van der Waals surface area contributed by atoms with Gasteiger partial charge < -0.3 is 15.5 Å². The van der Waals surface area contributed by atoms with Crippen molar-refractivity contribution >= 4 is 40.6 Å². The van der Waals surface area contributed by atoms with Crippen LogP contribution in [-0.2, 0) is 21.1 Å². The molecule has 6 nitrogen and oxygen atoms in total. The van der Waals surface area contributed by atoms with Crippen molar-refractivity contribution in [3.05, 3.63) is 35.9 Å². The fourth-order valence-corrected chi connectivity index (χ4v) is 5.49. The Bertz CT molecular complexity index is 733. The highest BCUT2D eigenvalue weighted by Crippen LogP contribution is 2.28. The van der Waals surface area contributed by atoms with E-state index < -0.39 is 14.6 Å². The summed E-state index contributed by atoms with van der Waals surface area (Å²) in [5, 5.41) is 6.21. The van der Waals surface area contributed by atoms with Crippen molar-refractivity contribution in [3.8, 4) is 0 Å². The van der Waals surface area contributed by atoms with Gasteiger partial charge in [0.25, 0.3) is 0 Å². The number of carbonyl (C=O) groups excluding carboxylic acids is 1. The normalized spacial score (nSPS) is 20.2. The number of likely N-dealkylation sites (tertiary alicyclic amines) is 1. The van der Waals surface area contributed by atoms with Crippen molar-refractivity contribution in [1.82, 2.24) is 15.5 Å². The zero-order valence-electron chi connectivity index (χ0n) is 16.9. The lowest BCUT2D eigenvalue weighted by atomic mass is 9.94. The van der Waals surface area contributed by atoms with Gasteiger partial charge in [0.15, 0.2) is 14.6 Å². The Morgan fingerprint density at radius 1 is 1.14 bits per heavy atom. The summed E-state index contributed by atoms with van der Waals surface area (Å²) >= 11 is 0. The maximum Gasteiger partial charge on any atom is 0.241 e. The highest BCUT2D eigenvalue weighted by atomic mass is 35.5. The smallest absolute Gasteiger partial charge is 0.241 e. The third kappa shape index (κ3) is 6.56. The minimum Gasteiger partial charge on any atom is -0.352 e. The lowest BCUT2D eigenvalue weighted by molar-refractivity contribution is -0.125. The lowest BCUT2D eigenvalue weighted by Gasteiger charge is -2.38. The molecule has 0 bridgehead atoms. The molecule has 2 aliphatic rings. The van der Waals surface area contributed by atoms with Crippen LogP contribution in [0.4, 0.5) is 0 Å². The van der Waals surface area contributed by atoms with Crippen LogP contribution >= 0.6 is 24.8 Å². The Morgan fingerprint density at radius 3 is 2.28 bits per heavy atom. The number of benzene rings is 1. The maximum absolute atomic E-state index is 12.9. The first-order valence-corrected chi connectivity index (χ1v) is 11.8. The molecule has 9 heteroatoms. The number of amides is 1. The van der Waals surface area contributed by atoms with Gasteiger partial charge in [-0.1, -0.05) is 30.3 Å². The number of carbonyl (C=O) groups is 1. The summed E-state index contributed by atoms with van der Waals surface area (Å²) in [7, 11) is -3.45. The standard InChI is InChI=1S/C20H31N3O3S.2ClH/c1-27(25,26)20(10-12-21-13-11-20)19(24)22-18-8-15-23(16-9-18)14-7-17-5-3-2-4-6-17;;/h2-6,18,21H,7-16H2,1H3,(H,22,24);2*1H. The number of nitrogens with zero attached hydrogens (tertiary/aromatic N) is 1. The molecule has 29 heavy (non-hydrogen) atoms. The molecule has 2 aliphatic heterocycles. The molecule has 166 valence electrons. The summed E-state index contributed by atoms with van der Waals surface area (Å²) in [5.41, 5.74) is 1.34. The Labute approximate surface area is 186 Å². The maximum atomic E-state index is 12.9. The van der Waals surface area contributed by atoms with E-state index in [0.29, 0.717) is 25.9 Å². The van der Waals surface area contributed by atoms with Gasteiger partial charge in [-0.05, 0) is 50.8 Å². The van der Waals surface area contributed by atoms with E-state index in [4.69, 9.17) is 0 Å². The van der Waals surface area contributed by atoms with E-state index in [1.165, 1.54) is 11.8 Å². The Morgan fingerprint density at radius 2 is 1.72 bits per heavy atom. The molecule has 2 saturated heterocycles. The fraction of sp³-hybridized carbons (Fsp3) is 0.650. The molecule has 1 aromatic rings. The topological polar surface area (TPSA) is 78.5 Å². The fourth-order valence-electron chi connectivity index (χ4n) is 4.15. The van der Waals surface area contributed by atoms with Gasteiger partial charge in [-0.2, -0.15) is 0 Å². The number of hydrogen-bond acceptors (Lipinski definition) is 5. The van der Waals surface area contributed by atoms with E-state index in [1.807, 2.05) is 6.07 Å². The van der Waals surface area contributed by atoms with Gasteiger partial charge >= 0.3 is 0 Å². The first-order valence-electron chi connectivity index (χ1n) is 9.88. The predicted octanol–water partition coefficient (Wildman–Crippen LogP) is 1.82. The zero-order chi connectivity index (χ0) is 19.3. The molecule has 0 spiro atoms. The average Bonchev–Trinajstić information content (AvgIpc) is 2.68. The van der Waals surface area contributed by atoms with Crippen LogP contribution in [0.1, 0.15) is 31.2 Å². The van der Waals surface area contributed by atoms with Gasteiger partial charge in [-0.15, -0.1) is 24.8 Å². The minimum absolute atomic E-state index is 0. The quantitative estimate of drug-likeness (QED) is 0.669. The largest absolute Gasteiger partial charge is 0.352 e. The van der Waals surface area contributed by atoms with Crippen LogP contribution in [0.15, 0.2) is 30.3 Å². The van der Waals surface area contributed by atoms with Crippen LogP contribution in [0, 0.1) is 0 Å². The zero-order valence-corrected chi connectivity index (χ0v) is 19.4. The van der Waals surface area contributed by atoms with Crippen molar-refractivity contribution in [2.24, 2.45) is 0 Å². The Balaban J connectivity index is 0.00000210. The SMILES string of the molecule is CS(=O)(=O)C1(C(=O)NC2CCN(CCc3ccccc3)CC2)CCNCC1.Cl.Cl. The second-order valence-electron chi connectivity index (χ2n) is 7.84. The average molecular weight is 466 g/mol. The summed E-state index contributed by atoms with van der Waals surface area (Å²) in [6.07, 6.45) is 4.69.